The lowest BCUT2D eigenvalue weighted by Gasteiger charge is -2.34. The third kappa shape index (κ3) is 3.50. The highest BCUT2D eigenvalue weighted by Crippen LogP contribution is 2.37. The van der Waals surface area contributed by atoms with Crippen LogP contribution in [0.3, 0.4) is 0 Å². The molecule has 0 atom stereocenters. The SMILES string of the molecule is CC1CCC(C(=O)N(c2cc3c(cc2C(=O)O)oc2ccccc23)C(C)C)CC1. The minimum atomic E-state index is -1.06. The quantitative estimate of drug-likeness (QED) is 0.603. The van der Waals surface area contributed by atoms with Crippen molar-refractivity contribution in [3.63, 3.8) is 0 Å². The maximum absolute atomic E-state index is 13.5. The molecular formula is C24H27NO4. The number of carboxylic acids is 1. The number of furan rings is 1. The van der Waals surface area contributed by atoms with Crippen molar-refractivity contribution in [1.82, 2.24) is 0 Å². The smallest absolute Gasteiger partial charge is 0.337 e. The molecule has 1 amide bonds. The number of carbonyl (C=O) groups excluding carboxylic acids is 1. The Morgan fingerprint density at radius 2 is 1.72 bits per heavy atom. The number of nitrogens with zero attached hydrogens (tertiary/aromatic N) is 1. The van der Waals surface area contributed by atoms with Crippen molar-refractivity contribution in [2.45, 2.75) is 52.5 Å². The zero-order valence-corrected chi connectivity index (χ0v) is 17.1. The third-order valence-corrected chi connectivity index (χ3v) is 6.10. The molecule has 1 aromatic heterocycles. The summed E-state index contributed by atoms with van der Waals surface area (Å²) in [5, 5.41) is 11.6. The predicted octanol–water partition coefficient (Wildman–Crippen LogP) is 5.85. The van der Waals surface area contributed by atoms with Crippen molar-refractivity contribution in [3.8, 4) is 0 Å². The fourth-order valence-corrected chi connectivity index (χ4v) is 4.49. The molecule has 152 valence electrons. The molecule has 0 unspecified atom stereocenters. The molecule has 1 saturated carbocycles. The molecule has 1 aliphatic rings. The number of aromatic carboxylic acids is 1. The summed E-state index contributed by atoms with van der Waals surface area (Å²) in [6, 6.07) is 10.9. The van der Waals surface area contributed by atoms with Crippen LogP contribution in [0, 0.1) is 11.8 Å². The molecule has 4 rings (SSSR count). The molecule has 2 aromatic carbocycles. The van der Waals surface area contributed by atoms with Crippen molar-refractivity contribution in [2.75, 3.05) is 4.90 Å². The van der Waals surface area contributed by atoms with Crippen molar-refractivity contribution >= 4 is 39.5 Å². The third-order valence-electron chi connectivity index (χ3n) is 6.10. The molecular weight excluding hydrogens is 366 g/mol. The number of anilines is 1. The topological polar surface area (TPSA) is 70.8 Å². The number of amides is 1. The lowest BCUT2D eigenvalue weighted by Crippen LogP contribution is -2.42. The Morgan fingerprint density at radius 3 is 2.38 bits per heavy atom. The van der Waals surface area contributed by atoms with Crippen LogP contribution in [0.1, 0.15) is 56.8 Å². The van der Waals surface area contributed by atoms with Gasteiger partial charge in [0.05, 0.1) is 11.3 Å². The molecule has 1 fully saturated rings. The zero-order valence-electron chi connectivity index (χ0n) is 17.1. The Labute approximate surface area is 170 Å². The second-order valence-electron chi connectivity index (χ2n) is 8.53. The van der Waals surface area contributed by atoms with E-state index in [2.05, 4.69) is 6.92 Å². The van der Waals surface area contributed by atoms with E-state index in [1.54, 1.807) is 11.0 Å². The fourth-order valence-electron chi connectivity index (χ4n) is 4.49. The van der Waals surface area contributed by atoms with E-state index in [1.165, 1.54) is 0 Å². The first-order chi connectivity index (χ1) is 13.9. The van der Waals surface area contributed by atoms with Crippen LogP contribution in [0.4, 0.5) is 5.69 Å². The number of hydrogen-bond donors (Lipinski definition) is 1. The van der Waals surface area contributed by atoms with E-state index in [0.717, 1.165) is 36.5 Å². The summed E-state index contributed by atoms with van der Waals surface area (Å²) in [7, 11) is 0. The van der Waals surface area contributed by atoms with Gasteiger partial charge in [0.25, 0.3) is 0 Å². The van der Waals surface area contributed by atoms with E-state index in [0.29, 0.717) is 22.8 Å². The van der Waals surface area contributed by atoms with E-state index in [9.17, 15) is 14.7 Å². The van der Waals surface area contributed by atoms with Gasteiger partial charge in [0.15, 0.2) is 0 Å². The number of fused-ring (bicyclic) bond motifs is 3. The normalized spacial score (nSPS) is 19.7. The highest BCUT2D eigenvalue weighted by atomic mass is 16.4. The summed E-state index contributed by atoms with van der Waals surface area (Å²) in [5.74, 6) is -0.429. The second kappa shape index (κ2) is 7.54. The van der Waals surface area contributed by atoms with E-state index in [1.807, 2.05) is 44.2 Å². The molecule has 0 saturated heterocycles. The van der Waals surface area contributed by atoms with E-state index in [-0.39, 0.29) is 23.4 Å². The van der Waals surface area contributed by atoms with Crippen LogP contribution in [0.2, 0.25) is 0 Å². The molecule has 0 aliphatic heterocycles. The van der Waals surface area contributed by atoms with Crippen molar-refractivity contribution < 1.29 is 19.1 Å². The summed E-state index contributed by atoms with van der Waals surface area (Å²) in [6.07, 6.45) is 3.81. The van der Waals surface area contributed by atoms with Crippen LogP contribution in [0.25, 0.3) is 21.9 Å². The van der Waals surface area contributed by atoms with Gasteiger partial charge in [-0.05, 0) is 63.6 Å². The minimum absolute atomic E-state index is 0.0292. The van der Waals surface area contributed by atoms with Crippen molar-refractivity contribution in [2.24, 2.45) is 11.8 Å². The second-order valence-corrected chi connectivity index (χ2v) is 8.53. The molecule has 0 radical (unpaired) electrons. The van der Waals surface area contributed by atoms with Crippen molar-refractivity contribution in [3.05, 3.63) is 42.0 Å². The van der Waals surface area contributed by atoms with Gasteiger partial charge < -0.3 is 14.4 Å². The van der Waals surface area contributed by atoms with Crippen LogP contribution in [-0.2, 0) is 4.79 Å². The molecule has 0 bridgehead atoms. The summed E-state index contributed by atoms with van der Waals surface area (Å²) < 4.78 is 5.86. The van der Waals surface area contributed by atoms with Gasteiger partial charge in [-0.2, -0.15) is 0 Å². The Hall–Kier alpha value is -2.82. The first-order valence-corrected chi connectivity index (χ1v) is 10.4. The van der Waals surface area contributed by atoms with Crippen LogP contribution >= 0.6 is 0 Å². The number of carboxylic acid groups (broad SMARTS) is 1. The zero-order chi connectivity index (χ0) is 20.7. The minimum Gasteiger partial charge on any atom is -0.478 e. The highest BCUT2D eigenvalue weighted by molar-refractivity contribution is 6.12. The number of carbonyl (C=O) groups is 2. The van der Waals surface area contributed by atoms with Gasteiger partial charge in [-0.1, -0.05) is 25.1 Å². The van der Waals surface area contributed by atoms with Gasteiger partial charge in [-0.15, -0.1) is 0 Å². The summed E-state index contributed by atoms with van der Waals surface area (Å²) in [5.41, 5.74) is 1.78. The van der Waals surface area contributed by atoms with Crippen LogP contribution in [0.5, 0.6) is 0 Å². The lowest BCUT2D eigenvalue weighted by atomic mass is 9.82. The largest absolute Gasteiger partial charge is 0.478 e. The number of benzene rings is 2. The highest BCUT2D eigenvalue weighted by Gasteiger charge is 2.32. The Bertz CT molecular complexity index is 1070. The van der Waals surface area contributed by atoms with Crippen LogP contribution in [0.15, 0.2) is 40.8 Å². The molecule has 5 heteroatoms. The Kier molecular flexibility index (Phi) is 5.07. The van der Waals surface area contributed by atoms with E-state index >= 15 is 0 Å². The van der Waals surface area contributed by atoms with Gasteiger partial charge in [-0.25, -0.2) is 4.79 Å². The van der Waals surface area contributed by atoms with Gasteiger partial charge in [0.1, 0.15) is 11.2 Å². The van der Waals surface area contributed by atoms with Crippen molar-refractivity contribution in [1.29, 1.82) is 0 Å². The van der Waals surface area contributed by atoms with Crippen LogP contribution in [-0.4, -0.2) is 23.0 Å². The summed E-state index contributed by atoms with van der Waals surface area (Å²) in [6.45, 7) is 6.10. The summed E-state index contributed by atoms with van der Waals surface area (Å²) >= 11 is 0. The maximum Gasteiger partial charge on any atom is 0.337 e. The molecule has 0 spiro atoms. The van der Waals surface area contributed by atoms with Crippen LogP contribution < -0.4 is 4.90 Å². The van der Waals surface area contributed by atoms with Gasteiger partial charge in [0, 0.05) is 22.7 Å². The number of rotatable bonds is 4. The lowest BCUT2D eigenvalue weighted by molar-refractivity contribution is -0.123. The average Bonchev–Trinajstić information content (AvgIpc) is 3.05. The summed E-state index contributed by atoms with van der Waals surface area (Å²) in [4.78, 5) is 27.2. The van der Waals surface area contributed by atoms with Gasteiger partial charge >= 0.3 is 5.97 Å². The molecule has 3 aromatic rings. The van der Waals surface area contributed by atoms with Gasteiger partial charge in [0.2, 0.25) is 5.91 Å². The van der Waals surface area contributed by atoms with E-state index < -0.39 is 5.97 Å². The van der Waals surface area contributed by atoms with E-state index in [4.69, 9.17) is 4.42 Å². The Morgan fingerprint density at radius 1 is 1.03 bits per heavy atom. The number of hydrogen-bond acceptors (Lipinski definition) is 3. The van der Waals surface area contributed by atoms with Gasteiger partial charge in [-0.3, -0.25) is 4.79 Å². The first kappa shape index (κ1) is 19.5. The molecule has 1 aliphatic carbocycles. The molecule has 5 nitrogen and oxygen atoms in total. The molecule has 29 heavy (non-hydrogen) atoms. The average molecular weight is 393 g/mol. The standard InChI is InChI=1S/C24H27NO4/c1-14(2)25(23(26)16-10-8-15(3)9-11-16)20-12-18-17-6-4-5-7-21(17)29-22(18)13-19(20)24(27)28/h4-7,12-16H,8-11H2,1-3H3,(H,27,28). The molecule has 1 heterocycles. The maximum atomic E-state index is 13.5. The first-order valence-electron chi connectivity index (χ1n) is 10.4. The Balaban J connectivity index is 1.85. The number of para-hydroxylation sites is 1. The fraction of sp³-hybridized carbons (Fsp3) is 0.417. The molecule has 1 N–H and O–H groups in total. The predicted molar refractivity (Wildman–Crippen MR) is 114 cm³/mol. The monoisotopic (exact) mass is 393 g/mol.